The van der Waals surface area contributed by atoms with Gasteiger partial charge in [0.2, 0.25) is 5.91 Å². The van der Waals surface area contributed by atoms with Gasteiger partial charge in [-0.05, 0) is 51.5 Å². The van der Waals surface area contributed by atoms with Crippen molar-refractivity contribution < 1.29 is 19.0 Å². The molecule has 2 aliphatic heterocycles. The van der Waals surface area contributed by atoms with Gasteiger partial charge in [-0.1, -0.05) is 18.2 Å². The zero-order valence-electron chi connectivity index (χ0n) is 18.7. The van der Waals surface area contributed by atoms with Gasteiger partial charge in [0.15, 0.2) is 11.5 Å². The van der Waals surface area contributed by atoms with Crippen molar-refractivity contribution >= 4 is 38.7 Å². The summed E-state index contributed by atoms with van der Waals surface area (Å²) < 4.78 is 19.4. The van der Waals surface area contributed by atoms with Gasteiger partial charge in [-0.15, -0.1) is 11.3 Å². The van der Waals surface area contributed by atoms with Crippen molar-refractivity contribution in [3.8, 4) is 22.6 Å². The van der Waals surface area contributed by atoms with Crippen LogP contribution in [0.15, 0.2) is 58.6 Å². The lowest BCUT2D eigenvalue weighted by Gasteiger charge is -2.21. The molecule has 6 rings (SSSR count). The molecule has 2 aromatic heterocycles. The highest BCUT2D eigenvalue weighted by molar-refractivity contribution is 7.17. The number of ether oxygens (including phenoxy) is 3. The monoisotopic (exact) mass is 491 g/mol. The number of amides is 1. The maximum Gasteiger partial charge on any atom is 0.227 e. The molecule has 0 saturated carbocycles. The maximum absolute atomic E-state index is 13.1. The van der Waals surface area contributed by atoms with E-state index in [0.717, 1.165) is 34.6 Å². The molecule has 1 atom stereocenters. The van der Waals surface area contributed by atoms with E-state index in [-0.39, 0.29) is 12.0 Å². The van der Waals surface area contributed by atoms with Crippen LogP contribution in [0.4, 0.5) is 0 Å². The molecule has 1 saturated heterocycles. The third kappa shape index (κ3) is 4.31. The van der Waals surface area contributed by atoms with E-state index < -0.39 is 0 Å². The minimum absolute atomic E-state index is 0.0155. The van der Waals surface area contributed by atoms with Gasteiger partial charge in [0.25, 0.3) is 0 Å². The van der Waals surface area contributed by atoms with Gasteiger partial charge in [0, 0.05) is 34.2 Å². The van der Waals surface area contributed by atoms with Crippen molar-refractivity contribution in [3.63, 3.8) is 0 Å². The third-order valence-corrected chi connectivity index (χ3v) is 8.06. The molecule has 0 unspecified atom stereocenters. The van der Waals surface area contributed by atoms with Gasteiger partial charge in [-0.3, -0.25) is 4.79 Å². The number of benzene rings is 2. The number of thiophene rings is 2. The molecule has 5 nitrogen and oxygen atoms in total. The Labute approximate surface area is 206 Å². The molecule has 174 valence electrons. The third-order valence-electron chi connectivity index (χ3n) is 6.36. The van der Waals surface area contributed by atoms with E-state index in [9.17, 15) is 4.79 Å². The van der Waals surface area contributed by atoms with Crippen LogP contribution in [-0.2, 0) is 22.5 Å². The van der Waals surface area contributed by atoms with Crippen LogP contribution < -0.4 is 9.47 Å². The van der Waals surface area contributed by atoms with E-state index in [1.54, 1.807) is 22.7 Å². The molecule has 0 N–H and O–H groups in total. The average Bonchev–Trinajstić information content (AvgIpc) is 3.60. The normalized spacial score (nSPS) is 17.9. The van der Waals surface area contributed by atoms with Crippen LogP contribution in [0.2, 0.25) is 0 Å². The molecule has 2 aromatic carbocycles. The fourth-order valence-corrected chi connectivity index (χ4v) is 6.24. The predicted octanol–water partition coefficient (Wildman–Crippen LogP) is 5.76. The van der Waals surface area contributed by atoms with Crippen LogP contribution in [0, 0.1) is 0 Å². The summed E-state index contributed by atoms with van der Waals surface area (Å²) in [5.74, 6) is 1.61. The zero-order valence-corrected chi connectivity index (χ0v) is 20.3. The van der Waals surface area contributed by atoms with E-state index in [1.807, 2.05) is 21.7 Å². The summed E-state index contributed by atoms with van der Waals surface area (Å²) >= 11 is 3.36. The first-order chi connectivity index (χ1) is 16.7. The first kappa shape index (κ1) is 21.6. The summed E-state index contributed by atoms with van der Waals surface area (Å²) in [6.45, 7) is 2.81. The van der Waals surface area contributed by atoms with E-state index in [4.69, 9.17) is 14.2 Å². The highest BCUT2D eigenvalue weighted by Gasteiger charge is 2.26. The first-order valence-corrected chi connectivity index (χ1v) is 13.4. The molecule has 4 heterocycles. The van der Waals surface area contributed by atoms with E-state index >= 15 is 0 Å². The van der Waals surface area contributed by atoms with Crippen LogP contribution in [-0.4, -0.2) is 43.3 Å². The van der Waals surface area contributed by atoms with Crippen LogP contribution in [0.1, 0.15) is 17.5 Å². The van der Waals surface area contributed by atoms with Crippen LogP contribution in [0.3, 0.4) is 0 Å². The van der Waals surface area contributed by atoms with Crippen LogP contribution >= 0.6 is 22.7 Å². The summed E-state index contributed by atoms with van der Waals surface area (Å²) in [5, 5.41) is 7.47. The predicted molar refractivity (Wildman–Crippen MR) is 136 cm³/mol. The summed E-state index contributed by atoms with van der Waals surface area (Å²) in [7, 11) is 0. The van der Waals surface area contributed by atoms with Crippen LogP contribution in [0.25, 0.3) is 21.2 Å². The van der Waals surface area contributed by atoms with Crippen molar-refractivity contribution in [2.75, 3.05) is 26.4 Å². The van der Waals surface area contributed by atoms with Gasteiger partial charge in [0.1, 0.15) is 12.7 Å². The number of carbonyl (C=O) groups excluding carboxylic acids is 1. The standard InChI is InChI=1S/C27H25NO4S2/c29-26(11-18-6-10-33-16-18)28-7-9-31-27-20(14-28)12-19(13-24(27)32-21-5-8-30-15-21)23-17-34-25-4-2-1-3-22(23)25/h1-4,6,10,12-13,16-17,21H,5,7-9,11,14-15H2/t21-/m0/s1. The number of carbonyl (C=O) groups is 1. The summed E-state index contributed by atoms with van der Waals surface area (Å²) in [4.78, 5) is 15.0. The average molecular weight is 492 g/mol. The first-order valence-electron chi connectivity index (χ1n) is 11.5. The summed E-state index contributed by atoms with van der Waals surface area (Å²) in [6.07, 6.45) is 1.30. The number of fused-ring (bicyclic) bond motifs is 2. The Morgan fingerprint density at radius 1 is 1.15 bits per heavy atom. The van der Waals surface area contributed by atoms with Crippen molar-refractivity contribution in [1.82, 2.24) is 4.90 Å². The fourth-order valence-electron chi connectivity index (χ4n) is 4.61. The lowest BCUT2D eigenvalue weighted by molar-refractivity contribution is -0.131. The summed E-state index contributed by atoms with van der Waals surface area (Å²) in [5.41, 5.74) is 4.30. The second-order valence-corrected chi connectivity index (χ2v) is 10.4. The van der Waals surface area contributed by atoms with Gasteiger partial charge in [-0.2, -0.15) is 11.3 Å². The molecule has 7 heteroatoms. The Morgan fingerprint density at radius 2 is 2.09 bits per heavy atom. The molecule has 0 aliphatic carbocycles. The highest BCUT2D eigenvalue weighted by atomic mass is 32.1. The van der Waals surface area contributed by atoms with Crippen LogP contribution in [0.5, 0.6) is 11.5 Å². The molecule has 2 aliphatic rings. The number of hydrogen-bond donors (Lipinski definition) is 0. The fraction of sp³-hybridized carbons (Fsp3) is 0.296. The Hall–Kier alpha value is -2.87. The summed E-state index contributed by atoms with van der Waals surface area (Å²) in [6, 6.07) is 14.7. The van der Waals surface area contributed by atoms with Gasteiger partial charge in [0.05, 0.1) is 26.2 Å². The maximum atomic E-state index is 13.1. The van der Waals surface area contributed by atoms with Crippen molar-refractivity contribution in [1.29, 1.82) is 0 Å². The molecular weight excluding hydrogens is 466 g/mol. The Balaban J connectivity index is 1.38. The second-order valence-electron chi connectivity index (χ2n) is 8.68. The molecule has 34 heavy (non-hydrogen) atoms. The quantitative estimate of drug-likeness (QED) is 0.356. The molecule has 1 fully saturated rings. The van der Waals surface area contributed by atoms with E-state index in [2.05, 4.69) is 41.8 Å². The smallest absolute Gasteiger partial charge is 0.227 e. The SMILES string of the molecule is O=C(Cc1ccsc1)N1CCOc2c(cc(-c3csc4ccccc34)cc2O[C@H]2CCOC2)C1. The van der Waals surface area contributed by atoms with Crippen molar-refractivity contribution in [2.45, 2.75) is 25.5 Å². The lowest BCUT2D eigenvalue weighted by Crippen LogP contribution is -2.33. The topological polar surface area (TPSA) is 48.0 Å². The lowest BCUT2D eigenvalue weighted by atomic mass is 10.0. The van der Waals surface area contributed by atoms with Crippen molar-refractivity contribution in [3.05, 3.63) is 69.7 Å². The molecule has 0 spiro atoms. The second kappa shape index (κ2) is 9.41. The van der Waals surface area contributed by atoms with E-state index in [1.165, 1.54) is 15.6 Å². The Morgan fingerprint density at radius 3 is 2.94 bits per heavy atom. The highest BCUT2D eigenvalue weighted by Crippen LogP contribution is 2.42. The van der Waals surface area contributed by atoms with Gasteiger partial charge < -0.3 is 19.1 Å². The minimum Gasteiger partial charge on any atom is -0.487 e. The Bertz CT molecular complexity index is 1310. The number of nitrogens with zero attached hydrogens (tertiary/aromatic N) is 1. The molecular formula is C27H25NO4S2. The minimum atomic E-state index is 0.0155. The van der Waals surface area contributed by atoms with Gasteiger partial charge >= 0.3 is 0 Å². The molecule has 1 amide bonds. The van der Waals surface area contributed by atoms with Crippen molar-refractivity contribution in [2.24, 2.45) is 0 Å². The zero-order chi connectivity index (χ0) is 22.9. The Kier molecular flexibility index (Phi) is 5.99. The van der Waals surface area contributed by atoms with Gasteiger partial charge in [-0.25, -0.2) is 0 Å². The molecule has 0 radical (unpaired) electrons. The molecule has 4 aromatic rings. The number of rotatable bonds is 5. The van der Waals surface area contributed by atoms with E-state index in [0.29, 0.717) is 39.3 Å². The number of hydrogen-bond acceptors (Lipinski definition) is 6. The molecule has 0 bridgehead atoms. The largest absolute Gasteiger partial charge is 0.487 e.